The first-order valence-corrected chi connectivity index (χ1v) is 16.4. The van der Waals surface area contributed by atoms with Gasteiger partial charge in [-0.3, -0.25) is 9.98 Å². The van der Waals surface area contributed by atoms with Crippen LogP contribution in [-0.2, 0) is 0 Å². The Morgan fingerprint density at radius 2 is 1.00 bits per heavy atom. The summed E-state index contributed by atoms with van der Waals surface area (Å²) in [6, 6.07) is 56.6. The van der Waals surface area contributed by atoms with E-state index in [-0.39, 0.29) is 0 Å². The lowest BCUT2D eigenvalue weighted by atomic mass is 9.93. The topological polar surface area (TPSA) is 38.1 Å². The summed E-state index contributed by atoms with van der Waals surface area (Å²) >= 11 is 0. The van der Waals surface area contributed by atoms with Crippen molar-refractivity contribution in [1.82, 2.24) is 9.97 Å². The van der Waals surface area contributed by atoms with Gasteiger partial charge in [0.15, 0.2) is 0 Å². The molecule has 0 bridgehead atoms. The van der Waals surface area contributed by atoms with Crippen LogP contribution in [0.5, 0.6) is 0 Å². The minimum Gasteiger partial charge on any atom is -0.264 e. The fourth-order valence-electron chi connectivity index (χ4n) is 6.03. The number of pyridine rings is 2. The molecule has 0 atom stereocenters. The number of aromatic nitrogens is 2. The maximum absolute atomic E-state index is 5.12. The highest BCUT2D eigenvalue weighted by Gasteiger charge is 2.14. The molecule has 7 aromatic rings. The molecule has 0 amide bonds. The first-order valence-electron chi connectivity index (χ1n) is 16.4. The molecule has 0 radical (unpaired) electrons. The van der Waals surface area contributed by atoms with Crippen molar-refractivity contribution in [3.63, 3.8) is 0 Å². The summed E-state index contributed by atoms with van der Waals surface area (Å²) in [6.45, 7) is 6.06. The molecule has 3 nitrogen and oxygen atoms in total. The lowest BCUT2D eigenvalue weighted by Gasteiger charge is -2.14. The largest absolute Gasteiger partial charge is 0.264 e. The highest BCUT2D eigenvalue weighted by atomic mass is 14.7. The summed E-state index contributed by atoms with van der Waals surface area (Å²) in [6.07, 6.45) is 6.10. The Morgan fingerprint density at radius 1 is 0.490 bits per heavy atom. The van der Waals surface area contributed by atoms with Gasteiger partial charge in [0, 0.05) is 28.5 Å². The van der Waals surface area contributed by atoms with E-state index in [0.717, 1.165) is 78.4 Å². The Labute approximate surface area is 288 Å². The molecule has 49 heavy (non-hydrogen) atoms. The summed E-state index contributed by atoms with van der Waals surface area (Å²) in [5, 5.41) is 0. The van der Waals surface area contributed by atoms with Crippen molar-refractivity contribution >= 4 is 18.0 Å². The van der Waals surface area contributed by atoms with E-state index in [9.17, 15) is 0 Å². The van der Waals surface area contributed by atoms with Crippen molar-refractivity contribution in [1.29, 1.82) is 0 Å². The molecule has 2 aromatic heterocycles. The molecule has 5 aromatic carbocycles. The van der Waals surface area contributed by atoms with Crippen LogP contribution >= 0.6 is 0 Å². The maximum atomic E-state index is 5.12. The monoisotopic (exact) mass is 629 g/mol. The summed E-state index contributed by atoms with van der Waals surface area (Å²) in [5.74, 6) is 0. The molecule has 2 heterocycles. The molecule has 7 rings (SSSR count). The van der Waals surface area contributed by atoms with Crippen LogP contribution in [0.4, 0.5) is 0 Å². The van der Waals surface area contributed by atoms with Gasteiger partial charge in [0.05, 0.1) is 22.8 Å². The Hall–Kier alpha value is -6.45. The minimum atomic E-state index is 0.778. The Kier molecular flexibility index (Phi) is 9.25. The molecule has 3 heteroatoms. The number of benzene rings is 5. The molecular weight excluding hydrogens is 595 g/mol. The van der Waals surface area contributed by atoms with Gasteiger partial charge in [-0.05, 0) is 95.6 Å². The molecular formula is C46H35N3. The molecule has 0 aliphatic carbocycles. The summed E-state index contributed by atoms with van der Waals surface area (Å²) in [4.78, 5) is 14.6. The third-order valence-corrected chi connectivity index (χ3v) is 8.57. The Balaban J connectivity index is 1.44. The van der Waals surface area contributed by atoms with Crippen molar-refractivity contribution in [3.8, 4) is 56.0 Å². The van der Waals surface area contributed by atoms with Gasteiger partial charge < -0.3 is 0 Å². The van der Waals surface area contributed by atoms with E-state index in [1.807, 2.05) is 61.7 Å². The summed E-state index contributed by atoms with van der Waals surface area (Å²) in [7, 11) is 0. The van der Waals surface area contributed by atoms with Crippen molar-refractivity contribution in [2.24, 2.45) is 4.99 Å². The van der Waals surface area contributed by atoms with Gasteiger partial charge in [-0.15, -0.1) is 0 Å². The average molecular weight is 630 g/mol. The summed E-state index contributed by atoms with van der Waals surface area (Å²) < 4.78 is 0. The minimum absolute atomic E-state index is 0.778. The first-order chi connectivity index (χ1) is 24.2. The highest BCUT2D eigenvalue weighted by molar-refractivity contribution is 5.88. The van der Waals surface area contributed by atoms with Gasteiger partial charge in [0.1, 0.15) is 0 Å². The lowest BCUT2D eigenvalue weighted by molar-refractivity contribution is 1.31. The molecule has 0 N–H and O–H groups in total. The van der Waals surface area contributed by atoms with Crippen LogP contribution in [0.25, 0.3) is 67.3 Å². The van der Waals surface area contributed by atoms with E-state index < -0.39 is 0 Å². The molecule has 0 spiro atoms. The van der Waals surface area contributed by atoms with E-state index in [4.69, 9.17) is 9.97 Å². The van der Waals surface area contributed by atoms with E-state index >= 15 is 0 Å². The highest BCUT2D eigenvalue weighted by Crippen LogP contribution is 2.36. The van der Waals surface area contributed by atoms with Crippen LogP contribution in [0.3, 0.4) is 0 Å². The van der Waals surface area contributed by atoms with Crippen molar-refractivity contribution < 1.29 is 0 Å². The molecule has 0 fully saturated rings. The molecule has 0 saturated heterocycles. The predicted octanol–water partition coefficient (Wildman–Crippen LogP) is 12.0. The fraction of sp³-hybridized carbons (Fsp3) is 0.0217. The zero-order chi connectivity index (χ0) is 33.4. The molecule has 0 unspecified atom stereocenters. The van der Waals surface area contributed by atoms with Gasteiger partial charge in [0.2, 0.25) is 0 Å². The number of hydrogen-bond donors (Lipinski definition) is 0. The second kappa shape index (κ2) is 14.5. The first kappa shape index (κ1) is 31.2. The number of nitrogens with zero attached hydrogens (tertiary/aromatic N) is 3. The van der Waals surface area contributed by atoms with Gasteiger partial charge in [-0.25, -0.2) is 4.98 Å². The average Bonchev–Trinajstić information content (AvgIpc) is 3.19. The normalized spacial score (nSPS) is 11.7. The Bertz CT molecular complexity index is 2210. The van der Waals surface area contributed by atoms with Crippen LogP contribution in [0.15, 0.2) is 187 Å². The summed E-state index contributed by atoms with van der Waals surface area (Å²) in [5.41, 5.74) is 14.1. The second-order valence-corrected chi connectivity index (χ2v) is 11.8. The van der Waals surface area contributed by atoms with Crippen molar-refractivity contribution in [3.05, 3.63) is 193 Å². The van der Waals surface area contributed by atoms with E-state index in [1.165, 1.54) is 0 Å². The number of aliphatic imine (C=N–C) groups is 1. The smallest absolute Gasteiger partial charge is 0.0715 e. The quantitative estimate of drug-likeness (QED) is 0.118. The molecule has 0 aliphatic rings. The molecule has 0 saturated carbocycles. The van der Waals surface area contributed by atoms with Crippen LogP contribution in [0, 0.1) is 0 Å². The van der Waals surface area contributed by atoms with Crippen LogP contribution < -0.4 is 0 Å². The van der Waals surface area contributed by atoms with Gasteiger partial charge in [0.25, 0.3) is 0 Å². The van der Waals surface area contributed by atoms with Crippen LogP contribution in [0.1, 0.15) is 18.1 Å². The van der Waals surface area contributed by atoms with Crippen LogP contribution in [-0.4, -0.2) is 16.7 Å². The fourth-order valence-corrected chi connectivity index (χ4v) is 6.03. The predicted molar refractivity (Wildman–Crippen MR) is 207 cm³/mol. The maximum Gasteiger partial charge on any atom is 0.0715 e. The number of rotatable bonds is 9. The molecule has 0 aliphatic heterocycles. The third-order valence-electron chi connectivity index (χ3n) is 8.57. The second-order valence-electron chi connectivity index (χ2n) is 11.8. The third kappa shape index (κ3) is 7.12. The van der Waals surface area contributed by atoms with Gasteiger partial charge in [-0.1, -0.05) is 127 Å². The standard InChI is InChI=1S/C46H35N3/c1-3-33(34-16-8-4-9-17-34)29-43(47-2)41-26-39(27-42(28-41)44-30-38(24-25-48-44)35-18-10-5-11-19-35)40-31-45(36-20-12-6-13-21-36)49-46(32-40)37-22-14-7-15-23-37/h3-32H,2H2,1H3/b33-3+,43-29-. The lowest BCUT2D eigenvalue weighted by Crippen LogP contribution is -1.94. The van der Waals surface area contributed by atoms with Crippen molar-refractivity contribution in [2.75, 3.05) is 0 Å². The zero-order valence-corrected chi connectivity index (χ0v) is 27.4. The van der Waals surface area contributed by atoms with Gasteiger partial charge >= 0.3 is 0 Å². The van der Waals surface area contributed by atoms with E-state index in [1.54, 1.807) is 0 Å². The number of allylic oxidation sites excluding steroid dienone is 3. The van der Waals surface area contributed by atoms with Crippen LogP contribution in [0.2, 0.25) is 0 Å². The van der Waals surface area contributed by atoms with Gasteiger partial charge in [-0.2, -0.15) is 0 Å². The van der Waals surface area contributed by atoms with E-state index in [2.05, 4.69) is 139 Å². The SMILES string of the molecule is C=N/C(=C\C(=C/C)c1ccccc1)c1cc(-c2cc(-c3ccccc3)nc(-c3ccccc3)c2)cc(-c2cc(-c3ccccc3)ccn2)c1. The Morgan fingerprint density at radius 3 is 1.57 bits per heavy atom. The molecule has 234 valence electrons. The zero-order valence-electron chi connectivity index (χ0n) is 27.4. The number of hydrogen-bond acceptors (Lipinski definition) is 3. The van der Waals surface area contributed by atoms with E-state index in [0.29, 0.717) is 0 Å². The van der Waals surface area contributed by atoms with Crippen molar-refractivity contribution in [2.45, 2.75) is 6.92 Å².